The summed E-state index contributed by atoms with van der Waals surface area (Å²) in [5, 5.41) is 15.8. The van der Waals surface area contributed by atoms with Crippen LogP contribution >= 0.6 is 11.3 Å². The molecule has 2 fully saturated rings. The van der Waals surface area contributed by atoms with Crippen LogP contribution in [-0.4, -0.2) is 41.9 Å². The number of benzene rings is 1. The van der Waals surface area contributed by atoms with Crippen LogP contribution in [0.2, 0.25) is 0 Å². The topological polar surface area (TPSA) is 76.1 Å². The van der Waals surface area contributed by atoms with Gasteiger partial charge in [-0.3, -0.25) is 10.1 Å². The molecule has 0 radical (unpaired) electrons. The van der Waals surface area contributed by atoms with Crippen molar-refractivity contribution in [3.8, 4) is 0 Å². The number of carbonyl (C=O) groups is 1. The first-order valence-corrected chi connectivity index (χ1v) is 10.0. The Hall–Kier alpha value is -1.83. The van der Waals surface area contributed by atoms with Crippen molar-refractivity contribution in [2.75, 3.05) is 25.1 Å². The van der Waals surface area contributed by atoms with Crippen LogP contribution in [0.25, 0.3) is 0 Å². The fourth-order valence-corrected chi connectivity index (χ4v) is 4.07. The molecule has 0 spiro atoms. The molecule has 1 saturated heterocycles. The van der Waals surface area contributed by atoms with Crippen molar-refractivity contribution in [2.45, 2.75) is 38.1 Å². The molecule has 2 heterocycles. The third-order valence-corrected chi connectivity index (χ3v) is 5.88. The van der Waals surface area contributed by atoms with E-state index in [2.05, 4.69) is 26.9 Å². The van der Waals surface area contributed by atoms with Crippen LogP contribution in [0.5, 0.6) is 0 Å². The van der Waals surface area contributed by atoms with Crippen molar-refractivity contribution >= 4 is 22.4 Å². The van der Waals surface area contributed by atoms with Gasteiger partial charge in [-0.25, -0.2) is 0 Å². The lowest BCUT2D eigenvalue weighted by atomic mass is 10.0. The van der Waals surface area contributed by atoms with Gasteiger partial charge in [-0.2, -0.15) is 0 Å². The van der Waals surface area contributed by atoms with E-state index in [-0.39, 0.29) is 5.91 Å². The highest BCUT2D eigenvalue weighted by Gasteiger charge is 2.38. The molecule has 1 aromatic heterocycles. The molecule has 7 heteroatoms. The molecule has 6 nitrogen and oxygen atoms in total. The monoisotopic (exact) mass is 372 g/mol. The Morgan fingerprint density at radius 2 is 2.15 bits per heavy atom. The molecule has 2 aromatic rings. The summed E-state index contributed by atoms with van der Waals surface area (Å²) >= 11 is 1.38. The number of nitrogens with one attached hydrogen (secondary N) is 2. The Morgan fingerprint density at radius 1 is 1.31 bits per heavy atom. The number of anilines is 1. The second-order valence-corrected chi connectivity index (χ2v) is 8.30. The van der Waals surface area contributed by atoms with Crippen molar-refractivity contribution in [1.82, 2.24) is 15.5 Å². The quantitative estimate of drug-likeness (QED) is 0.815. The molecule has 1 aromatic carbocycles. The maximum atomic E-state index is 12.4. The number of ether oxygens (including phenoxy) is 1. The summed E-state index contributed by atoms with van der Waals surface area (Å²) in [7, 11) is 0. The first kappa shape index (κ1) is 17.6. The van der Waals surface area contributed by atoms with E-state index in [9.17, 15) is 4.79 Å². The van der Waals surface area contributed by atoms with E-state index in [4.69, 9.17) is 4.74 Å². The van der Waals surface area contributed by atoms with Crippen molar-refractivity contribution in [3.63, 3.8) is 0 Å². The summed E-state index contributed by atoms with van der Waals surface area (Å²) in [6.45, 7) is 4.73. The van der Waals surface area contributed by atoms with E-state index in [1.165, 1.54) is 16.9 Å². The number of rotatable bonds is 6. The Labute approximate surface area is 157 Å². The van der Waals surface area contributed by atoms with Gasteiger partial charge in [0.2, 0.25) is 5.13 Å². The third kappa shape index (κ3) is 4.28. The summed E-state index contributed by atoms with van der Waals surface area (Å²) in [5.41, 5.74) is 1.90. The zero-order chi connectivity index (χ0) is 17.9. The van der Waals surface area contributed by atoms with Crippen LogP contribution in [0.15, 0.2) is 24.3 Å². The van der Waals surface area contributed by atoms with Crippen molar-refractivity contribution < 1.29 is 9.53 Å². The molecule has 0 bridgehead atoms. The van der Waals surface area contributed by atoms with Gasteiger partial charge in [0.15, 0.2) is 0 Å². The fourth-order valence-electron chi connectivity index (χ4n) is 3.48. The molecule has 1 aliphatic carbocycles. The van der Waals surface area contributed by atoms with Gasteiger partial charge in [0.05, 0.1) is 0 Å². The van der Waals surface area contributed by atoms with Crippen molar-refractivity contribution in [2.24, 2.45) is 5.92 Å². The van der Waals surface area contributed by atoms with Crippen LogP contribution in [0.4, 0.5) is 5.13 Å². The molecule has 2 N–H and O–H groups in total. The molecule has 1 aliphatic heterocycles. The third-order valence-electron chi connectivity index (χ3n) is 5.12. The Bertz CT molecular complexity index is 772. The summed E-state index contributed by atoms with van der Waals surface area (Å²) in [5.74, 6) is 1.11. The lowest BCUT2D eigenvalue weighted by Crippen LogP contribution is -2.29. The predicted molar refractivity (Wildman–Crippen MR) is 102 cm³/mol. The average Bonchev–Trinajstić information content (AvgIpc) is 3.34. The minimum Gasteiger partial charge on any atom is -0.381 e. The van der Waals surface area contributed by atoms with Gasteiger partial charge in [-0.1, -0.05) is 23.5 Å². The zero-order valence-corrected chi connectivity index (χ0v) is 15.7. The lowest BCUT2D eigenvalue weighted by Gasteiger charge is -2.22. The number of aryl methyl sites for hydroxylation is 1. The normalized spacial score (nSPS) is 23.0. The van der Waals surface area contributed by atoms with E-state index < -0.39 is 0 Å². The highest BCUT2D eigenvalue weighted by atomic mass is 32.1. The number of amides is 1. The van der Waals surface area contributed by atoms with Crippen molar-refractivity contribution in [3.05, 3.63) is 40.4 Å². The standard InChI is InChI=1S/C19H24N4O2S/c1-12-22-23-19(26-12)21-18(24)15-4-2-3-14(9-15)16-10-17(16)20-11-13-5-7-25-8-6-13/h2-4,9,13,16-17,20H,5-8,10-11H2,1H3,(H,21,23,24)/t16-,17+/m0/s1. The number of nitrogens with zero attached hydrogens (tertiary/aromatic N) is 2. The zero-order valence-electron chi connectivity index (χ0n) is 14.9. The second-order valence-electron chi connectivity index (χ2n) is 7.12. The first-order valence-electron chi connectivity index (χ1n) is 9.21. The van der Waals surface area contributed by atoms with Crippen LogP contribution in [0.1, 0.15) is 46.1 Å². The number of aromatic nitrogens is 2. The van der Waals surface area contributed by atoms with E-state index in [1.54, 1.807) is 0 Å². The van der Waals surface area contributed by atoms with E-state index in [0.29, 0.717) is 22.7 Å². The molecule has 1 amide bonds. The van der Waals surface area contributed by atoms with Crippen LogP contribution in [-0.2, 0) is 4.74 Å². The lowest BCUT2D eigenvalue weighted by molar-refractivity contribution is 0.0662. The van der Waals surface area contributed by atoms with Gasteiger partial charge in [0, 0.05) is 30.7 Å². The first-order chi connectivity index (χ1) is 12.7. The fraction of sp³-hybridized carbons (Fsp3) is 0.526. The van der Waals surface area contributed by atoms with E-state index >= 15 is 0 Å². The molecular weight excluding hydrogens is 348 g/mol. The van der Waals surface area contributed by atoms with Crippen LogP contribution in [0, 0.1) is 12.8 Å². The summed E-state index contributed by atoms with van der Waals surface area (Å²) in [6, 6.07) is 8.46. The number of hydrogen-bond acceptors (Lipinski definition) is 6. The highest BCUT2D eigenvalue weighted by molar-refractivity contribution is 7.15. The summed E-state index contributed by atoms with van der Waals surface area (Å²) in [4.78, 5) is 12.4. The van der Waals surface area contributed by atoms with Crippen LogP contribution < -0.4 is 10.6 Å². The Balaban J connectivity index is 1.32. The molecule has 138 valence electrons. The molecule has 0 unspecified atom stereocenters. The maximum absolute atomic E-state index is 12.4. The Morgan fingerprint density at radius 3 is 2.92 bits per heavy atom. The van der Waals surface area contributed by atoms with Crippen molar-refractivity contribution in [1.29, 1.82) is 0 Å². The Kier molecular flexibility index (Phi) is 5.28. The summed E-state index contributed by atoms with van der Waals surface area (Å²) < 4.78 is 5.42. The SMILES string of the molecule is Cc1nnc(NC(=O)c2cccc([C@@H]3C[C@H]3NCC3CCOCC3)c2)s1. The minimum absolute atomic E-state index is 0.129. The number of carbonyl (C=O) groups excluding carboxylic acids is 1. The molecule has 26 heavy (non-hydrogen) atoms. The number of hydrogen-bond donors (Lipinski definition) is 2. The van der Waals surface area contributed by atoms with Gasteiger partial charge in [0.25, 0.3) is 5.91 Å². The largest absolute Gasteiger partial charge is 0.381 e. The molecular formula is C19H24N4O2S. The van der Waals surface area contributed by atoms with Gasteiger partial charge in [0.1, 0.15) is 5.01 Å². The molecule has 1 saturated carbocycles. The van der Waals surface area contributed by atoms with Gasteiger partial charge >= 0.3 is 0 Å². The minimum atomic E-state index is -0.129. The van der Waals surface area contributed by atoms with Gasteiger partial charge in [-0.05, 0) is 56.3 Å². The smallest absolute Gasteiger partial charge is 0.257 e. The average molecular weight is 372 g/mol. The van der Waals surface area contributed by atoms with Gasteiger partial charge in [-0.15, -0.1) is 10.2 Å². The predicted octanol–water partition coefficient (Wildman–Crippen LogP) is 2.97. The molecule has 4 rings (SSSR count). The maximum Gasteiger partial charge on any atom is 0.257 e. The molecule has 2 aliphatic rings. The van der Waals surface area contributed by atoms with Gasteiger partial charge < -0.3 is 10.1 Å². The van der Waals surface area contributed by atoms with E-state index in [1.807, 2.05) is 25.1 Å². The summed E-state index contributed by atoms with van der Waals surface area (Å²) in [6.07, 6.45) is 3.46. The van der Waals surface area contributed by atoms with Crippen LogP contribution in [0.3, 0.4) is 0 Å². The van der Waals surface area contributed by atoms with E-state index in [0.717, 1.165) is 49.9 Å². The second kappa shape index (κ2) is 7.82. The highest BCUT2D eigenvalue weighted by Crippen LogP contribution is 2.41. The molecule has 2 atom stereocenters.